The predicted octanol–water partition coefficient (Wildman–Crippen LogP) is 2.15. The van der Waals surface area contributed by atoms with Crippen LogP contribution in [0.3, 0.4) is 0 Å². The molecule has 5 heteroatoms. The van der Waals surface area contributed by atoms with Crippen LogP contribution in [0.5, 0.6) is 0 Å². The highest BCUT2D eigenvalue weighted by Gasteiger charge is 2.37. The van der Waals surface area contributed by atoms with E-state index in [-0.39, 0.29) is 23.8 Å². The Bertz CT molecular complexity index is 780. The van der Waals surface area contributed by atoms with Crippen LogP contribution < -0.4 is 0 Å². The topological polar surface area (TPSA) is 73.7 Å². The molecule has 1 aliphatic heterocycles. The van der Waals surface area contributed by atoms with Crippen molar-refractivity contribution in [2.45, 2.75) is 44.3 Å². The Morgan fingerprint density at radius 1 is 1.08 bits per heavy atom. The first-order valence-electron chi connectivity index (χ1n) is 9.59. The number of hydrogen-bond donors (Lipinski definition) is 2. The first-order valence-corrected chi connectivity index (χ1v) is 9.59. The second-order valence-electron chi connectivity index (χ2n) is 7.77. The van der Waals surface area contributed by atoms with E-state index in [1.807, 2.05) is 35.4 Å². The molecule has 2 heterocycles. The number of fused-ring (bicyclic) bond motifs is 1. The lowest BCUT2D eigenvalue weighted by atomic mass is 9.86. The molecule has 0 bridgehead atoms. The first kappa shape index (κ1) is 17.4. The fraction of sp³-hybridized carbons (Fsp3) is 0.524. The van der Waals surface area contributed by atoms with Crippen LogP contribution in [0.2, 0.25) is 0 Å². The number of carbonyl (C=O) groups excluding carboxylic acids is 1. The molecule has 2 N–H and O–H groups in total. The van der Waals surface area contributed by atoms with E-state index >= 15 is 0 Å². The van der Waals surface area contributed by atoms with Crippen molar-refractivity contribution in [3.8, 4) is 0 Å². The third kappa shape index (κ3) is 3.46. The van der Waals surface area contributed by atoms with E-state index in [4.69, 9.17) is 0 Å². The molecule has 138 valence electrons. The number of carbonyl (C=O) groups is 1. The number of para-hydroxylation sites is 1. The largest absolute Gasteiger partial charge is 0.393 e. The number of amides is 1. The fourth-order valence-corrected chi connectivity index (χ4v) is 4.43. The molecule has 2 aromatic rings. The van der Waals surface area contributed by atoms with Gasteiger partial charge >= 0.3 is 0 Å². The monoisotopic (exact) mass is 354 g/mol. The standard InChI is InChI=1S/C21H26N2O3/c24-17-7-5-14(6-8-17)21(26)23-12-16(20(25)13-23)11-15-9-10-22-19-4-2-1-3-18(15)19/h1-4,9-10,14,16-17,20,24-25H,5-8,11-13H2/t14?,16-,17?,20-/m1/s1. The lowest BCUT2D eigenvalue weighted by molar-refractivity contribution is -0.136. The van der Waals surface area contributed by atoms with Gasteiger partial charge in [-0.05, 0) is 49.8 Å². The Hall–Kier alpha value is -1.98. The maximum absolute atomic E-state index is 12.8. The van der Waals surface area contributed by atoms with Crippen LogP contribution >= 0.6 is 0 Å². The van der Waals surface area contributed by atoms with Gasteiger partial charge in [0.1, 0.15) is 0 Å². The van der Waals surface area contributed by atoms with Crippen LogP contribution in [0.15, 0.2) is 36.5 Å². The highest BCUT2D eigenvalue weighted by atomic mass is 16.3. The number of nitrogens with zero attached hydrogens (tertiary/aromatic N) is 2. The molecule has 0 unspecified atom stereocenters. The van der Waals surface area contributed by atoms with Gasteiger partial charge in [-0.2, -0.15) is 0 Å². The molecule has 0 radical (unpaired) electrons. The van der Waals surface area contributed by atoms with Crippen LogP contribution in [-0.2, 0) is 11.2 Å². The Morgan fingerprint density at radius 3 is 2.65 bits per heavy atom. The lowest BCUT2D eigenvalue weighted by Crippen LogP contribution is -2.37. The summed E-state index contributed by atoms with van der Waals surface area (Å²) in [6, 6.07) is 10.1. The molecule has 0 spiro atoms. The highest BCUT2D eigenvalue weighted by Crippen LogP contribution is 2.30. The van der Waals surface area contributed by atoms with Gasteiger partial charge in [-0.1, -0.05) is 18.2 Å². The third-order valence-corrected chi connectivity index (χ3v) is 5.99. The zero-order valence-corrected chi connectivity index (χ0v) is 14.9. The molecule has 26 heavy (non-hydrogen) atoms. The first-order chi connectivity index (χ1) is 12.6. The average Bonchev–Trinajstić information content (AvgIpc) is 3.03. The van der Waals surface area contributed by atoms with Crippen molar-refractivity contribution in [3.63, 3.8) is 0 Å². The molecule has 1 saturated carbocycles. The summed E-state index contributed by atoms with van der Waals surface area (Å²) in [5.41, 5.74) is 2.14. The van der Waals surface area contributed by atoms with E-state index in [0.29, 0.717) is 25.9 Å². The number of aliphatic hydroxyl groups is 2. The number of aliphatic hydroxyl groups excluding tert-OH is 2. The molecular weight excluding hydrogens is 328 g/mol. The van der Waals surface area contributed by atoms with E-state index in [0.717, 1.165) is 30.2 Å². The maximum Gasteiger partial charge on any atom is 0.225 e. The Balaban J connectivity index is 1.44. The van der Waals surface area contributed by atoms with Gasteiger partial charge < -0.3 is 15.1 Å². The normalized spacial score (nSPS) is 29.2. The summed E-state index contributed by atoms with van der Waals surface area (Å²) in [6.45, 7) is 1.03. The Kier molecular flexibility index (Phi) is 4.92. The molecule has 4 rings (SSSR count). The molecule has 5 nitrogen and oxygen atoms in total. The molecule has 1 aromatic heterocycles. The third-order valence-electron chi connectivity index (χ3n) is 5.99. The molecular formula is C21H26N2O3. The second-order valence-corrected chi connectivity index (χ2v) is 7.77. The van der Waals surface area contributed by atoms with Crippen LogP contribution in [0.4, 0.5) is 0 Å². The summed E-state index contributed by atoms with van der Waals surface area (Å²) in [7, 11) is 0. The van der Waals surface area contributed by atoms with E-state index in [9.17, 15) is 15.0 Å². The van der Waals surface area contributed by atoms with Crippen LogP contribution in [0.1, 0.15) is 31.2 Å². The van der Waals surface area contributed by atoms with Gasteiger partial charge in [0.2, 0.25) is 5.91 Å². The minimum absolute atomic E-state index is 0.00565. The van der Waals surface area contributed by atoms with Gasteiger partial charge in [-0.15, -0.1) is 0 Å². The van der Waals surface area contributed by atoms with Crippen LogP contribution in [-0.4, -0.2) is 51.3 Å². The van der Waals surface area contributed by atoms with Gasteiger partial charge in [0, 0.05) is 36.5 Å². The molecule has 1 saturated heterocycles. The number of β-amino-alcohol motifs (C(OH)–C–C–N with tert-alkyl or cyclic N) is 1. The SMILES string of the molecule is O=C(C1CCC(O)CC1)N1C[C@@H](Cc2ccnc3ccccc23)[C@H](O)C1. The van der Waals surface area contributed by atoms with Crippen molar-refractivity contribution in [2.24, 2.45) is 11.8 Å². The summed E-state index contributed by atoms with van der Waals surface area (Å²) in [4.78, 5) is 19.0. The summed E-state index contributed by atoms with van der Waals surface area (Å²) >= 11 is 0. The van der Waals surface area contributed by atoms with Gasteiger partial charge in [0.25, 0.3) is 0 Å². The van der Waals surface area contributed by atoms with E-state index in [2.05, 4.69) is 11.1 Å². The molecule has 1 amide bonds. The number of likely N-dealkylation sites (tertiary alicyclic amines) is 1. The summed E-state index contributed by atoms with van der Waals surface area (Å²) in [6.07, 6.45) is 4.75. The summed E-state index contributed by atoms with van der Waals surface area (Å²) in [5, 5.41) is 21.3. The molecule has 2 fully saturated rings. The van der Waals surface area contributed by atoms with Crippen LogP contribution in [0.25, 0.3) is 10.9 Å². The van der Waals surface area contributed by atoms with Crippen molar-refractivity contribution in [3.05, 3.63) is 42.1 Å². The molecule has 1 aromatic carbocycles. The Morgan fingerprint density at radius 2 is 1.85 bits per heavy atom. The number of hydrogen-bond acceptors (Lipinski definition) is 4. The minimum atomic E-state index is -0.486. The quantitative estimate of drug-likeness (QED) is 0.886. The number of aromatic nitrogens is 1. The van der Waals surface area contributed by atoms with E-state index in [1.54, 1.807) is 0 Å². The molecule has 1 aliphatic carbocycles. The highest BCUT2D eigenvalue weighted by molar-refractivity contribution is 5.82. The fourth-order valence-electron chi connectivity index (χ4n) is 4.43. The average molecular weight is 354 g/mol. The smallest absolute Gasteiger partial charge is 0.225 e. The molecule has 2 atom stereocenters. The maximum atomic E-state index is 12.8. The molecule has 2 aliphatic rings. The van der Waals surface area contributed by atoms with Gasteiger partial charge in [-0.3, -0.25) is 9.78 Å². The van der Waals surface area contributed by atoms with Crippen molar-refractivity contribution in [1.82, 2.24) is 9.88 Å². The van der Waals surface area contributed by atoms with E-state index < -0.39 is 6.10 Å². The van der Waals surface area contributed by atoms with Crippen molar-refractivity contribution >= 4 is 16.8 Å². The summed E-state index contributed by atoms with van der Waals surface area (Å²) in [5.74, 6) is 0.211. The van der Waals surface area contributed by atoms with Gasteiger partial charge in [-0.25, -0.2) is 0 Å². The van der Waals surface area contributed by atoms with Crippen LogP contribution in [0, 0.1) is 11.8 Å². The van der Waals surface area contributed by atoms with Crippen molar-refractivity contribution < 1.29 is 15.0 Å². The van der Waals surface area contributed by atoms with Crippen molar-refractivity contribution in [1.29, 1.82) is 0 Å². The second kappa shape index (κ2) is 7.33. The minimum Gasteiger partial charge on any atom is -0.393 e. The predicted molar refractivity (Wildman–Crippen MR) is 99.5 cm³/mol. The van der Waals surface area contributed by atoms with Gasteiger partial charge in [0.05, 0.1) is 17.7 Å². The zero-order valence-electron chi connectivity index (χ0n) is 14.9. The number of benzene rings is 1. The lowest BCUT2D eigenvalue weighted by Gasteiger charge is -2.28. The number of pyridine rings is 1. The van der Waals surface area contributed by atoms with Crippen molar-refractivity contribution in [2.75, 3.05) is 13.1 Å². The Labute approximate surface area is 153 Å². The number of rotatable bonds is 3. The zero-order chi connectivity index (χ0) is 18.1. The summed E-state index contributed by atoms with van der Waals surface area (Å²) < 4.78 is 0. The van der Waals surface area contributed by atoms with Gasteiger partial charge in [0.15, 0.2) is 0 Å². The van der Waals surface area contributed by atoms with E-state index in [1.165, 1.54) is 5.56 Å².